The van der Waals surface area contributed by atoms with E-state index in [1.165, 1.54) is 18.5 Å². The van der Waals surface area contributed by atoms with Crippen LogP contribution in [0.5, 0.6) is 0 Å². The number of hydrogen-bond donors (Lipinski definition) is 2. The summed E-state index contributed by atoms with van der Waals surface area (Å²) in [4.78, 5) is 15.7. The van der Waals surface area contributed by atoms with E-state index < -0.39 is 0 Å². The third kappa shape index (κ3) is 5.13. The van der Waals surface area contributed by atoms with E-state index in [1.54, 1.807) is 23.1 Å². The molecule has 0 saturated heterocycles. The summed E-state index contributed by atoms with van der Waals surface area (Å²) in [6.45, 7) is 1.44. The number of nitrogens with one attached hydrogen (secondary N) is 2. The highest BCUT2D eigenvalue weighted by Gasteiger charge is 2.02. The van der Waals surface area contributed by atoms with Crippen molar-refractivity contribution in [3.8, 4) is 0 Å². The molecule has 0 unspecified atom stereocenters. The molecule has 0 radical (unpaired) electrons. The van der Waals surface area contributed by atoms with Crippen LogP contribution in [0.25, 0.3) is 0 Å². The summed E-state index contributed by atoms with van der Waals surface area (Å²) in [5.41, 5.74) is 2.95. The molecule has 7 heteroatoms. The van der Waals surface area contributed by atoms with Crippen molar-refractivity contribution in [3.63, 3.8) is 0 Å². The first-order valence-electron chi connectivity index (χ1n) is 7.85. The van der Waals surface area contributed by atoms with Crippen LogP contribution in [-0.2, 0) is 19.6 Å². The van der Waals surface area contributed by atoms with Gasteiger partial charge in [0, 0.05) is 13.1 Å². The number of urea groups is 1. The molecule has 3 rings (SSSR count). The number of hydrogen-bond acceptors (Lipinski definition) is 3. The Morgan fingerprint density at radius 2 is 1.48 bits per heavy atom. The molecule has 0 atom stereocenters. The molecule has 25 heavy (non-hydrogen) atoms. The monoisotopic (exact) mass is 339 g/mol. The Bertz CT molecular complexity index is 800. The van der Waals surface area contributed by atoms with Crippen LogP contribution < -0.4 is 10.6 Å². The van der Waals surface area contributed by atoms with Gasteiger partial charge in [0.1, 0.15) is 18.5 Å². The molecule has 0 aliphatic carbocycles. The topological polar surface area (TPSA) is 71.8 Å². The Balaban J connectivity index is 1.43. The fraction of sp³-hybridized carbons (Fsp3) is 0.167. The predicted molar refractivity (Wildman–Crippen MR) is 91.0 cm³/mol. The fourth-order valence-electron chi connectivity index (χ4n) is 2.29. The summed E-state index contributed by atoms with van der Waals surface area (Å²) in [5, 5.41) is 9.60. The molecule has 2 N–H and O–H groups in total. The average Bonchev–Trinajstić information content (AvgIpc) is 3.14. The highest BCUT2D eigenvalue weighted by molar-refractivity contribution is 5.73. The molecule has 0 saturated carbocycles. The van der Waals surface area contributed by atoms with Crippen molar-refractivity contribution in [2.45, 2.75) is 19.6 Å². The van der Waals surface area contributed by atoms with E-state index in [0.29, 0.717) is 19.6 Å². The van der Waals surface area contributed by atoms with Crippen LogP contribution in [-0.4, -0.2) is 20.8 Å². The number of carbonyl (C=O) groups excluding carboxylic acids is 1. The first kappa shape index (κ1) is 16.6. The van der Waals surface area contributed by atoms with Gasteiger partial charge in [-0.2, -0.15) is 5.10 Å². The van der Waals surface area contributed by atoms with Crippen molar-refractivity contribution in [2.75, 3.05) is 0 Å². The van der Waals surface area contributed by atoms with Gasteiger partial charge in [-0.15, -0.1) is 0 Å². The Labute approximate surface area is 144 Å². The number of rotatable bonds is 6. The summed E-state index contributed by atoms with van der Waals surface area (Å²) in [6, 6.07) is 13.7. The minimum atomic E-state index is -0.291. The van der Waals surface area contributed by atoms with Crippen molar-refractivity contribution < 1.29 is 9.18 Å². The molecule has 3 aromatic rings. The van der Waals surface area contributed by atoms with E-state index in [9.17, 15) is 9.18 Å². The lowest BCUT2D eigenvalue weighted by molar-refractivity contribution is 0.240. The van der Waals surface area contributed by atoms with Crippen LogP contribution in [0.3, 0.4) is 0 Å². The number of benzene rings is 2. The number of halogens is 1. The second-order valence-corrected chi connectivity index (χ2v) is 5.57. The van der Waals surface area contributed by atoms with Gasteiger partial charge in [0.05, 0.1) is 6.54 Å². The van der Waals surface area contributed by atoms with Crippen LogP contribution in [0.4, 0.5) is 9.18 Å². The predicted octanol–water partition coefficient (Wildman–Crippen LogP) is 2.46. The first-order valence-corrected chi connectivity index (χ1v) is 7.85. The normalized spacial score (nSPS) is 10.4. The lowest BCUT2D eigenvalue weighted by Crippen LogP contribution is -2.34. The molecule has 0 aliphatic heterocycles. The largest absolute Gasteiger partial charge is 0.334 e. The van der Waals surface area contributed by atoms with Gasteiger partial charge in [-0.1, -0.05) is 36.4 Å². The summed E-state index contributed by atoms with van der Waals surface area (Å²) in [7, 11) is 0. The maximum Gasteiger partial charge on any atom is 0.315 e. The first-order chi connectivity index (χ1) is 12.2. The van der Waals surface area contributed by atoms with E-state index in [0.717, 1.165) is 16.7 Å². The van der Waals surface area contributed by atoms with Crippen LogP contribution in [0.15, 0.2) is 61.2 Å². The van der Waals surface area contributed by atoms with Crippen molar-refractivity contribution >= 4 is 6.03 Å². The molecular formula is C18H18FN5O. The molecule has 0 spiro atoms. The van der Waals surface area contributed by atoms with E-state index in [2.05, 4.69) is 20.7 Å². The zero-order valence-corrected chi connectivity index (χ0v) is 13.5. The second kappa shape index (κ2) is 8.05. The molecular weight excluding hydrogens is 321 g/mol. The average molecular weight is 339 g/mol. The molecule has 0 fully saturated rings. The molecule has 1 aromatic heterocycles. The second-order valence-electron chi connectivity index (χ2n) is 5.57. The van der Waals surface area contributed by atoms with Crippen LogP contribution >= 0.6 is 0 Å². The summed E-state index contributed by atoms with van der Waals surface area (Å²) in [6.07, 6.45) is 3.17. The van der Waals surface area contributed by atoms with Crippen LogP contribution in [0.1, 0.15) is 16.7 Å². The highest BCUT2D eigenvalue weighted by Crippen LogP contribution is 2.06. The Hall–Kier alpha value is -3.22. The lowest BCUT2D eigenvalue weighted by Gasteiger charge is -2.08. The van der Waals surface area contributed by atoms with E-state index >= 15 is 0 Å². The SMILES string of the molecule is O=C(NCc1ccc(F)cc1)NCc1ccc(Cn2cncn2)cc1. The van der Waals surface area contributed by atoms with Crippen molar-refractivity contribution in [2.24, 2.45) is 0 Å². The molecule has 128 valence electrons. The van der Waals surface area contributed by atoms with Crippen molar-refractivity contribution in [1.29, 1.82) is 0 Å². The van der Waals surface area contributed by atoms with E-state index in [4.69, 9.17) is 0 Å². The van der Waals surface area contributed by atoms with Gasteiger partial charge in [0.25, 0.3) is 0 Å². The van der Waals surface area contributed by atoms with Crippen LogP contribution in [0, 0.1) is 5.82 Å². The minimum absolute atomic E-state index is 0.268. The maximum absolute atomic E-state index is 12.8. The molecule has 0 bridgehead atoms. The molecule has 1 heterocycles. The zero-order valence-electron chi connectivity index (χ0n) is 13.5. The highest BCUT2D eigenvalue weighted by atomic mass is 19.1. The van der Waals surface area contributed by atoms with E-state index in [1.807, 2.05) is 24.3 Å². The molecule has 2 aromatic carbocycles. The van der Waals surface area contributed by atoms with Gasteiger partial charge in [-0.05, 0) is 28.8 Å². The number of amides is 2. The minimum Gasteiger partial charge on any atom is -0.334 e. The zero-order chi connectivity index (χ0) is 17.5. The number of nitrogens with zero attached hydrogens (tertiary/aromatic N) is 3. The van der Waals surface area contributed by atoms with Gasteiger partial charge < -0.3 is 10.6 Å². The summed E-state index contributed by atoms with van der Waals surface area (Å²) >= 11 is 0. The van der Waals surface area contributed by atoms with Gasteiger partial charge in [-0.3, -0.25) is 0 Å². The van der Waals surface area contributed by atoms with Gasteiger partial charge in [0.2, 0.25) is 0 Å². The summed E-state index contributed by atoms with van der Waals surface area (Å²) < 4.78 is 14.6. The third-order valence-electron chi connectivity index (χ3n) is 3.65. The Morgan fingerprint density at radius 3 is 2.04 bits per heavy atom. The quantitative estimate of drug-likeness (QED) is 0.725. The molecule has 2 amide bonds. The molecule has 6 nitrogen and oxygen atoms in total. The Kier molecular flexibility index (Phi) is 5.36. The van der Waals surface area contributed by atoms with Gasteiger partial charge in [-0.25, -0.2) is 18.9 Å². The lowest BCUT2D eigenvalue weighted by atomic mass is 10.1. The number of carbonyl (C=O) groups is 1. The maximum atomic E-state index is 12.8. The summed E-state index contributed by atoms with van der Waals surface area (Å²) in [5.74, 6) is -0.291. The third-order valence-corrected chi connectivity index (χ3v) is 3.65. The smallest absolute Gasteiger partial charge is 0.315 e. The Morgan fingerprint density at radius 1 is 0.920 bits per heavy atom. The van der Waals surface area contributed by atoms with Gasteiger partial charge in [0.15, 0.2) is 0 Å². The molecule has 0 aliphatic rings. The fourth-order valence-corrected chi connectivity index (χ4v) is 2.29. The number of aromatic nitrogens is 3. The van der Waals surface area contributed by atoms with Crippen molar-refractivity contribution in [3.05, 3.63) is 83.7 Å². The van der Waals surface area contributed by atoms with Gasteiger partial charge >= 0.3 is 6.03 Å². The van der Waals surface area contributed by atoms with E-state index in [-0.39, 0.29) is 11.8 Å². The van der Waals surface area contributed by atoms with Crippen LogP contribution in [0.2, 0.25) is 0 Å². The standard InChI is InChI=1S/C18H18FN5O/c19-17-7-5-15(6-8-17)10-22-18(25)21-9-14-1-3-16(4-2-14)11-24-13-20-12-23-24/h1-8,12-13H,9-11H2,(H2,21,22,25). The van der Waals surface area contributed by atoms with Crippen molar-refractivity contribution in [1.82, 2.24) is 25.4 Å².